The standard InChI is InChI=1S/C25H37ClO4/c1-4-21(28)30-15-5-11-25(29)14-9-18-16-6-7-19-22(26)20(27)10-12-23(19,2)17(16)8-13-24(18,25)3/h16-18,29H,4-15H2,1-3H3/t16-,17+,18+,23-,24+,25+/m1/s1. The molecule has 0 bridgehead atoms. The zero-order valence-electron chi connectivity index (χ0n) is 18.8. The molecule has 3 fully saturated rings. The molecular weight excluding hydrogens is 400 g/mol. The monoisotopic (exact) mass is 436 g/mol. The second-order valence-electron chi connectivity index (χ2n) is 10.8. The highest BCUT2D eigenvalue weighted by atomic mass is 35.5. The zero-order valence-corrected chi connectivity index (χ0v) is 19.5. The Kier molecular flexibility index (Phi) is 5.89. The van der Waals surface area contributed by atoms with Gasteiger partial charge in [-0.15, -0.1) is 0 Å². The topological polar surface area (TPSA) is 63.6 Å². The van der Waals surface area contributed by atoms with Crippen molar-refractivity contribution < 1.29 is 19.4 Å². The third-order valence-corrected chi connectivity index (χ3v) is 10.1. The maximum absolute atomic E-state index is 12.2. The first-order chi connectivity index (χ1) is 14.2. The van der Waals surface area contributed by atoms with Crippen LogP contribution in [0.15, 0.2) is 10.6 Å². The number of halogens is 1. The van der Waals surface area contributed by atoms with Crippen LogP contribution in [0.25, 0.3) is 0 Å². The second-order valence-corrected chi connectivity index (χ2v) is 11.1. The van der Waals surface area contributed by atoms with Crippen LogP contribution in [-0.2, 0) is 14.3 Å². The van der Waals surface area contributed by atoms with Crippen molar-refractivity contribution in [2.45, 2.75) is 97.0 Å². The Hall–Kier alpha value is -0.870. The van der Waals surface area contributed by atoms with E-state index in [4.69, 9.17) is 16.3 Å². The minimum Gasteiger partial charge on any atom is -0.466 e. The van der Waals surface area contributed by atoms with Gasteiger partial charge in [-0.3, -0.25) is 9.59 Å². The third kappa shape index (κ3) is 3.28. The minimum absolute atomic E-state index is 0.0459. The fraction of sp³-hybridized carbons (Fsp3) is 0.840. The number of hydrogen-bond acceptors (Lipinski definition) is 4. The molecule has 0 heterocycles. The molecule has 0 aliphatic heterocycles. The van der Waals surface area contributed by atoms with E-state index in [1.54, 1.807) is 6.92 Å². The van der Waals surface area contributed by atoms with Crippen LogP contribution in [0, 0.1) is 28.6 Å². The number of rotatable bonds is 5. The van der Waals surface area contributed by atoms with Crippen molar-refractivity contribution in [3.05, 3.63) is 10.6 Å². The van der Waals surface area contributed by atoms with E-state index in [0.717, 1.165) is 51.4 Å². The van der Waals surface area contributed by atoms with Gasteiger partial charge in [-0.05, 0) is 91.9 Å². The maximum Gasteiger partial charge on any atom is 0.305 e. The molecule has 4 aliphatic carbocycles. The van der Waals surface area contributed by atoms with Crippen molar-refractivity contribution in [1.29, 1.82) is 0 Å². The molecule has 6 atom stereocenters. The van der Waals surface area contributed by atoms with Gasteiger partial charge in [-0.1, -0.05) is 32.4 Å². The lowest BCUT2D eigenvalue weighted by Gasteiger charge is -2.59. The van der Waals surface area contributed by atoms with Gasteiger partial charge in [-0.2, -0.15) is 0 Å². The van der Waals surface area contributed by atoms with E-state index in [-0.39, 0.29) is 22.6 Å². The third-order valence-electron chi connectivity index (χ3n) is 9.66. The maximum atomic E-state index is 12.2. The summed E-state index contributed by atoms with van der Waals surface area (Å²) >= 11 is 6.50. The number of ether oxygens (including phenoxy) is 1. The van der Waals surface area contributed by atoms with Gasteiger partial charge in [0, 0.05) is 12.8 Å². The molecule has 0 aromatic heterocycles. The van der Waals surface area contributed by atoms with Crippen molar-refractivity contribution in [2.24, 2.45) is 28.6 Å². The summed E-state index contributed by atoms with van der Waals surface area (Å²) in [4.78, 5) is 23.6. The summed E-state index contributed by atoms with van der Waals surface area (Å²) in [6.07, 6.45) is 9.39. The van der Waals surface area contributed by atoms with Crippen LogP contribution in [0.5, 0.6) is 0 Å². The van der Waals surface area contributed by atoms with Gasteiger partial charge in [0.2, 0.25) is 0 Å². The van der Waals surface area contributed by atoms with Crippen LogP contribution < -0.4 is 0 Å². The molecule has 0 radical (unpaired) electrons. The largest absolute Gasteiger partial charge is 0.466 e. The number of hydrogen-bond donors (Lipinski definition) is 1. The van der Waals surface area contributed by atoms with Crippen LogP contribution in [0.4, 0.5) is 0 Å². The van der Waals surface area contributed by atoms with E-state index in [0.29, 0.717) is 48.7 Å². The molecule has 30 heavy (non-hydrogen) atoms. The van der Waals surface area contributed by atoms with Crippen molar-refractivity contribution >= 4 is 23.4 Å². The molecule has 5 heteroatoms. The number of esters is 1. The van der Waals surface area contributed by atoms with Gasteiger partial charge in [0.15, 0.2) is 5.78 Å². The Morgan fingerprint density at radius 3 is 2.60 bits per heavy atom. The molecule has 4 aliphatic rings. The lowest BCUT2D eigenvalue weighted by atomic mass is 9.46. The van der Waals surface area contributed by atoms with E-state index >= 15 is 0 Å². The molecule has 3 saturated carbocycles. The molecule has 4 nitrogen and oxygen atoms in total. The molecular formula is C25H37ClO4. The van der Waals surface area contributed by atoms with Gasteiger partial charge in [0.1, 0.15) is 0 Å². The van der Waals surface area contributed by atoms with Crippen LogP contribution in [-0.4, -0.2) is 29.1 Å². The summed E-state index contributed by atoms with van der Waals surface area (Å²) < 4.78 is 5.25. The molecule has 0 saturated heterocycles. The van der Waals surface area contributed by atoms with E-state index in [1.165, 1.54) is 5.57 Å². The number of allylic oxidation sites excluding steroid dienone is 1. The van der Waals surface area contributed by atoms with Gasteiger partial charge in [-0.25, -0.2) is 0 Å². The Morgan fingerprint density at radius 1 is 1.13 bits per heavy atom. The number of carbonyl (C=O) groups is 2. The zero-order chi connectivity index (χ0) is 21.7. The Bertz CT molecular complexity index is 760. The minimum atomic E-state index is -0.668. The lowest BCUT2D eigenvalue weighted by molar-refractivity contribution is -0.146. The fourth-order valence-corrected chi connectivity index (χ4v) is 8.23. The number of aliphatic hydroxyl groups is 1. The molecule has 4 rings (SSSR count). The first kappa shape index (κ1) is 22.3. The molecule has 0 unspecified atom stereocenters. The van der Waals surface area contributed by atoms with Crippen molar-refractivity contribution in [3.8, 4) is 0 Å². The molecule has 0 amide bonds. The number of carbonyl (C=O) groups excluding carboxylic acids is 2. The van der Waals surface area contributed by atoms with Crippen LogP contribution >= 0.6 is 11.6 Å². The summed E-state index contributed by atoms with van der Waals surface area (Å²) in [5, 5.41) is 12.2. The van der Waals surface area contributed by atoms with E-state index in [9.17, 15) is 14.7 Å². The van der Waals surface area contributed by atoms with Gasteiger partial charge in [0.25, 0.3) is 0 Å². The van der Waals surface area contributed by atoms with Crippen molar-refractivity contribution in [2.75, 3.05) is 6.61 Å². The first-order valence-electron chi connectivity index (χ1n) is 12.0. The molecule has 0 spiro atoms. The average molecular weight is 437 g/mol. The molecule has 0 aromatic carbocycles. The summed E-state index contributed by atoms with van der Waals surface area (Å²) in [7, 11) is 0. The van der Waals surface area contributed by atoms with E-state index in [2.05, 4.69) is 13.8 Å². The highest BCUT2D eigenvalue weighted by Crippen LogP contribution is 2.68. The predicted octanol–water partition coefficient (Wildman–Crippen LogP) is 5.55. The smallest absolute Gasteiger partial charge is 0.305 e. The summed E-state index contributed by atoms with van der Waals surface area (Å²) in [6, 6.07) is 0. The fourth-order valence-electron chi connectivity index (χ4n) is 7.82. The Balaban J connectivity index is 1.50. The van der Waals surface area contributed by atoms with Gasteiger partial charge >= 0.3 is 5.97 Å². The molecule has 168 valence electrons. The predicted molar refractivity (Wildman–Crippen MR) is 117 cm³/mol. The summed E-state index contributed by atoms with van der Waals surface area (Å²) in [6.45, 7) is 6.86. The second kappa shape index (κ2) is 7.92. The molecule has 1 N–H and O–H groups in total. The quantitative estimate of drug-likeness (QED) is 0.453. The van der Waals surface area contributed by atoms with Crippen molar-refractivity contribution in [3.63, 3.8) is 0 Å². The lowest BCUT2D eigenvalue weighted by Crippen LogP contribution is -2.55. The van der Waals surface area contributed by atoms with Crippen molar-refractivity contribution in [1.82, 2.24) is 0 Å². The van der Waals surface area contributed by atoms with Crippen LogP contribution in [0.2, 0.25) is 0 Å². The number of ketones is 1. The van der Waals surface area contributed by atoms with Crippen LogP contribution in [0.1, 0.15) is 91.4 Å². The summed E-state index contributed by atoms with van der Waals surface area (Å²) in [5.41, 5.74) is 0.522. The first-order valence-corrected chi connectivity index (χ1v) is 12.3. The van der Waals surface area contributed by atoms with E-state index in [1.807, 2.05) is 0 Å². The Morgan fingerprint density at radius 2 is 1.87 bits per heavy atom. The Labute approximate surface area is 185 Å². The number of fused-ring (bicyclic) bond motifs is 5. The number of Topliss-reactive ketones (excluding diaryl/α,β-unsaturated/α-hetero) is 1. The normalized spacial score (nSPS) is 43.1. The van der Waals surface area contributed by atoms with Crippen LogP contribution in [0.3, 0.4) is 0 Å². The molecule has 0 aromatic rings. The average Bonchev–Trinajstić information content (AvgIpc) is 2.99. The van der Waals surface area contributed by atoms with E-state index < -0.39 is 5.60 Å². The summed E-state index contributed by atoms with van der Waals surface area (Å²) in [5.74, 6) is 1.65. The SMILES string of the molecule is CCC(=O)OCCC[C@]1(O)CC[C@H]2[C@@H]3CCC4=C(Cl)C(=O)CC[C@]4(C)[C@H]3CC[C@@]21C. The van der Waals surface area contributed by atoms with Gasteiger partial charge < -0.3 is 9.84 Å². The highest BCUT2D eigenvalue weighted by molar-refractivity contribution is 6.43. The van der Waals surface area contributed by atoms with Gasteiger partial charge in [0.05, 0.1) is 17.2 Å². The highest BCUT2D eigenvalue weighted by Gasteiger charge is 2.63.